The van der Waals surface area contributed by atoms with Gasteiger partial charge in [-0.2, -0.15) is 0 Å². The first-order valence-corrected chi connectivity index (χ1v) is 6.59. The van der Waals surface area contributed by atoms with Gasteiger partial charge in [-0.15, -0.1) is 0 Å². The number of aromatic nitrogens is 1. The van der Waals surface area contributed by atoms with E-state index in [1.54, 1.807) is 6.20 Å². The predicted molar refractivity (Wildman–Crippen MR) is 80.4 cm³/mol. The highest BCUT2D eigenvalue weighted by Crippen LogP contribution is 2.29. The lowest BCUT2D eigenvalue weighted by molar-refractivity contribution is 0.307. The van der Waals surface area contributed by atoms with Crippen molar-refractivity contribution in [2.24, 2.45) is 0 Å². The van der Waals surface area contributed by atoms with Gasteiger partial charge in [-0.05, 0) is 17.7 Å². The molecule has 0 N–H and O–H groups in total. The molecule has 1 aromatic heterocycles. The van der Waals surface area contributed by atoms with Crippen molar-refractivity contribution in [2.75, 3.05) is 0 Å². The molecular weight excluding hydrogens is 246 g/mol. The lowest BCUT2D eigenvalue weighted by Crippen LogP contribution is -1.96. The zero-order valence-electron chi connectivity index (χ0n) is 11.1. The number of hydrogen-bond donors (Lipinski definition) is 0. The SMILES string of the molecule is c1ccc(COc2ccccc2-c2cccnc2)cc1. The molecule has 2 aromatic carbocycles. The number of nitrogens with zero attached hydrogens (tertiary/aromatic N) is 1. The second-order valence-electron chi connectivity index (χ2n) is 4.51. The third kappa shape index (κ3) is 2.86. The molecule has 3 aromatic rings. The molecule has 0 atom stereocenters. The molecule has 0 aliphatic carbocycles. The van der Waals surface area contributed by atoms with Crippen molar-refractivity contribution in [2.45, 2.75) is 6.61 Å². The Hall–Kier alpha value is -2.61. The zero-order chi connectivity index (χ0) is 13.6. The number of rotatable bonds is 4. The second kappa shape index (κ2) is 6.02. The first-order valence-electron chi connectivity index (χ1n) is 6.59. The fourth-order valence-corrected chi connectivity index (χ4v) is 2.09. The summed E-state index contributed by atoms with van der Waals surface area (Å²) in [5, 5.41) is 0. The maximum Gasteiger partial charge on any atom is 0.127 e. The molecule has 20 heavy (non-hydrogen) atoms. The minimum absolute atomic E-state index is 0.568. The van der Waals surface area contributed by atoms with Gasteiger partial charge in [0.2, 0.25) is 0 Å². The summed E-state index contributed by atoms with van der Waals surface area (Å²) in [6.07, 6.45) is 3.63. The van der Waals surface area contributed by atoms with E-state index in [1.807, 2.05) is 54.7 Å². The van der Waals surface area contributed by atoms with Crippen LogP contribution in [-0.4, -0.2) is 4.98 Å². The number of pyridine rings is 1. The van der Waals surface area contributed by atoms with Crippen molar-refractivity contribution in [1.29, 1.82) is 0 Å². The van der Waals surface area contributed by atoms with Gasteiger partial charge in [0.1, 0.15) is 12.4 Å². The summed E-state index contributed by atoms with van der Waals surface area (Å²) in [6.45, 7) is 0.568. The van der Waals surface area contributed by atoms with Crippen LogP contribution in [0, 0.1) is 0 Å². The maximum absolute atomic E-state index is 5.95. The van der Waals surface area contributed by atoms with Gasteiger partial charge in [0.05, 0.1) is 0 Å². The summed E-state index contributed by atoms with van der Waals surface area (Å²) >= 11 is 0. The molecule has 3 rings (SSSR count). The van der Waals surface area contributed by atoms with E-state index in [0.717, 1.165) is 22.4 Å². The first-order chi connectivity index (χ1) is 9.93. The Balaban J connectivity index is 1.84. The highest BCUT2D eigenvalue weighted by molar-refractivity contribution is 5.69. The van der Waals surface area contributed by atoms with Crippen molar-refractivity contribution in [3.8, 4) is 16.9 Å². The Morgan fingerprint density at radius 2 is 1.60 bits per heavy atom. The fourth-order valence-electron chi connectivity index (χ4n) is 2.09. The summed E-state index contributed by atoms with van der Waals surface area (Å²) in [7, 11) is 0. The molecule has 0 amide bonds. The van der Waals surface area contributed by atoms with E-state index in [0.29, 0.717) is 6.61 Å². The largest absolute Gasteiger partial charge is 0.488 e. The Morgan fingerprint density at radius 3 is 2.40 bits per heavy atom. The molecule has 0 unspecified atom stereocenters. The van der Waals surface area contributed by atoms with Crippen LogP contribution in [0.4, 0.5) is 0 Å². The molecule has 0 radical (unpaired) electrons. The molecule has 2 heteroatoms. The fraction of sp³-hybridized carbons (Fsp3) is 0.0556. The summed E-state index contributed by atoms with van der Waals surface area (Å²) in [5.41, 5.74) is 3.29. The van der Waals surface area contributed by atoms with Crippen LogP contribution in [0.1, 0.15) is 5.56 Å². The third-order valence-electron chi connectivity index (χ3n) is 3.10. The van der Waals surface area contributed by atoms with Crippen LogP contribution in [0.25, 0.3) is 11.1 Å². The third-order valence-corrected chi connectivity index (χ3v) is 3.10. The lowest BCUT2D eigenvalue weighted by atomic mass is 10.1. The van der Waals surface area contributed by atoms with E-state index in [1.165, 1.54) is 0 Å². The minimum atomic E-state index is 0.568. The van der Waals surface area contributed by atoms with Gasteiger partial charge in [-0.25, -0.2) is 0 Å². The first kappa shape index (κ1) is 12.4. The summed E-state index contributed by atoms with van der Waals surface area (Å²) in [5.74, 6) is 0.879. The topological polar surface area (TPSA) is 22.1 Å². The number of ether oxygens (including phenoxy) is 1. The van der Waals surface area contributed by atoms with Gasteiger partial charge in [0, 0.05) is 23.5 Å². The predicted octanol–water partition coefficient (Wildman–Crippen LogP) is 4.33. The van der Waals surface area contributed by atoms with Crippen LogP contribution in [0.5, 0.6) is 5.75 Å². The lowest BCUT2D eigenvalue weighted by Gasteiger charge is -2.11. The molecule has 0 saturated heterocycles. The van der Waals surface area contributed by atoms with Gasteiger partial charge < -0.3 is 4.74 Å². The van der Waals surface area contributed by atoms with Gasteiger partial charge in [-0.1, -0.05) is 54.6 Å². The molecule has 0 saturated carbocycles. The van der Waals surface area contributed by atoms with Crippen LogP contribution >= 0.6 is 0 Å². The molecule has 1 heterocycles. The van der Waals surface area contributed by atoms with Gasteiger partial charge in [0.25, 0.3) is 0 Å². The van der Waals surface area contributed by atoms with E-state index < -0.39 is 0 Å². The molecule has 0 aliphatic rings. The Kier molecular flexibility index (Phi) is 3.74. The average Bonchev–Trinajstić information content (AvgIpc) is 2.55. The molecule has 98 valence electrons. The molecular formula is C18H15NO. The Bertz CT molecular complexity index is 665. The van der Waals surface area contributed by atoms with Crippen molar-refractivity contribution in [1.82, 2.24) is 4.98 Å². The van der Waals surface area contributed by atoms with E-state index in [2.05, 4.69) is 23.2 Å². The van der Waals surface area contributed by atoms with E-state index >= 15 is 0 Å². The highest BCUT2D eigenvalue weighted by atomic mass is 16.5. The van der Waals surface area contributed by atoms with Crippen molar-refractivity contribution >= 4 is 0 Å². The summed E-state index contributed by atoms with van der Waals surface area (Å²) in [6, 6.07) is 22.2. The van der Waals surface area contributed by atoms with Gasteiger partial charge in [0.15, 0.2) is 0 Å². The van der Waals surface area contributed by atoms with Crippen molar-refractivity contribution < 1.29 is 4.74 Å². The van der Waals surface area contributed by atoms with E-state index in [9.17, 15) is 0 Å². The Labute approximate surface area is 118 Å². The van der Waals surface area contributed by atoms with E-state index in [-0.39, 0.29) is 0 Å². The molecule has 0 spiro atoms. The van der Waals surface area contributed by atoms with E-state index in [4.69, 9.17) is 4.74 Å². The van der Waals surface area contributed by atoms with Gasteiger partial charge >= 0.3 is 0 Å². The highest BCUT2D eigenvalue weighted by Gasteiger charge is 2.05. The van der Waals surface area contributed by atoms with Crippen LogP contribution in [-0.2, 0) is 6.61 Å². The van der Waals surface area contributed by atoms with Crippen LogP contribution in [0.2, 0.25) is 0 Å². The molecule has 0 aliphatic heterocycles. The van der Waals surface area contributed by atoms with Crippen molar-refractivity contribution in [3.63, 3.8) is 0 Å². The number of para-hydroxylation sites is 1. The molecule has 0 fully saturated rings. The summed E-state index contributed by atoms with van der Waals surface area (Å²) < 4.78 is 5.95. The van der Waals surface area contributed by atoms with Crippen LogP contribution < -0.4 is 4.74 Å². The minimum Gasteiger partial charge on any atom is -0.488 e. The number of hydrogen-bond acceptors (Lipinski definition) is 2. The quantitative estimate of drug-likeness (QED) is 0.697. The molecule has 2 nitrogen and oxygen atoms in total. The normalized spacial score (nSPS) is 10.2. The zero-order valence-corrected chi connectivity index (χ0v) is 11.1. The molecule has 0 bridgehead atoms. The monoisotopic (exact) mass is 261 g/mol. The maximum atomic E-state index is 5.95. The van der Waals surface area contributed by atoms with Crippen molar-refractivity contribution in [3.05, 3.63) is 84.7 Å². The average molecular weight is 261 g/mol. The standard InChI is InChI=1S/C18H15NO/c1-2-7-15(8-3-1)14-20-18-11-5-4-10-17(18)16-9-6-12-19-13-16/h1-13H,14H2. The number of benzene rings is 2. The van der Waals surface area contributed by atoms with Crippen LogP contribution in [0.15, 0.2) is 79.1 Å². The Morgan fingerprint density at radius 1 is 0.800 bits per heavy atom. The van der Waals surface area contributed by atoms with Gasteiger partial charge in [-0.3, -0.25) is 4.98 Å². The summed E-state index contributed by atoms with van der Waals surface area (Å²) in [4.78, 5) is 4.16. The second-order valence-corrected chi connectivity index (χ2v) is 4.51. The smallest absolute Gasteiger partial charge is 0.127 e. The van der Waals surface area contributed by atoms with Crippen LogP contribution in [0.3, 0.4) is 0 Å².